The molecule has 0 spiro atoms. The van der Waals surface area contributed by atoms with Crippen LogP contribution in [0.2, 0.25) is 0 Å². The standard InChI is InChI=1S/C14H17N3O2/c1-16-8-9-17(14(16)18)10-11-19-13-4-2-12(3-5-13)6-7-15/h2-5H,6,8-11H2,1H3. The molecule has 1 fully saturated rings. The number of urea groups is 1. The third-order valence-electron chi connectivity index (χ3n) is 3.14. The molecule has 1 aromatic carbocycles. The maximum absolute atomic E-state index is 11.6. The maximum atomic E-state index is 11.6. The van der Waals surface area contributed by atoms with Gasteiger partial charge in [-0.15, -0.1) is 0 Å². The van der Waals surface area contributed by atoms with Crippen LogP contribution >= 0.6 is 0 Å². The predicted octanol–water partition coefficient (Wildman–Crippen LogP) is 1.50. The van der Waals surface area contributed by atoms with Crippen molar-refractivity contribution in [2.24, 2.45) is 0 Å². The van der Waals surface area contributed by atoms with Crippen LogP contribution < -0.4 is 4.74 Å². The molecule has 19 heavy (non-hydrogen) atoms. The highest BCUT2D eigenvalue weighted by Crippen LogP contribution is 2.13. The third-order valence-corrected chi connectivity index (χ3v) is 3.14. The molecule has 0 saturated carbocycles. The molecular formula is C14H17N3O2. The second-order valence-electron chi connectivity index (χ2n) is 4.52. The van der Waals surface area contributed by atoms with E-state index in [2.05, 4.69) is 6.07 Å². The zero-order chi connectivity index (χ0) is 13.7. The average Bonchev–Trinajstić information content (AvgIpc) is 2.73. The summed E-state index contributed by atoms with van der Waals surface area (Å²) in [6, 6.07) is 9.63. The Bertz CT molecular complexity index is 478. The Morgan fingerprint density at radius 1 is 1.32 bits per heavy atom. The van der Waals surface area contributed by atoms with Gasteiger partial charge in [-0.1, -0.05) is 12.1 Å². The Labute approximate surface area is 113 Å². The van der Waals surface area contributed by atoms with Crippen LogP contribution in [0.1, 0.15) is 5.56 Å². The van der Waals surface area contributed by atoms with Gasteiger partial charge in [0.15, 0.2) is 0 Å². The van der Waals surface area contributed by atoms with Gasteiger partial charge in [-0.25, -0.2) is 4.79 Å². The van der Waals surface area contributed by atoms with E-state index in [1.54, 1.807) is 16.8 Å². The van der Waals surface area contributed by atoms with E-state index in [0.717, 1.165) is 24.4 Å². The predicted molar refractivity (Wildman–Crippen MR) is 70.9 cm³/mol. The van der Waals surface area contributed by atoms with Gasteiger partial charge in [0.1, 0.15) is 12.4 Å². The molecule has 5 nitrogen and oxygen atoms in total. The summed E-state index contributed by atoms with van der Waals surface area (Å²) in [5, 5.41) is 8.58. The van der Waals surface area contributed by atoms with Crippen molar-refractivity contribution in [2.75, 3.05) is 33.3 Å². The first-order valence-electron chi connectivity index (χ1n) is 6.29. The van der Waals surface area contributed by atoms with Crippen LogP contribution in [0, 0.1) is 11.3 Å². The Hall–Kier alpha value is -2.22. The van der Waals surface area contributed by atoms with Crippen molar-refractivity contribution in [3.63, 3.8) is 0 Å². The molecule has 100 valence electrons. The zero-order valence-corrected chi connectivity index (χ0v) is 11.0. The SMILES string of the molecule is CN1CCN(CCOc2ccc(CC#N)cc2)C1=O. The van der Waals surface area contributed by atoms with Crippen LogP contribution in [0.15, 0.2) is 24.3 Å². The Balaban J connectivity index is 1.77. The first-order valence-corrected chi connectivity index (χ1v) is 6.29. The van der Waals surface area contributed by atoms with Gasteiger partial charge in [0.25, 0.3) is 0 Å². The number of rotatable bonds is 5. The normalized spacial score (nSPS) is 14.6. The topological polar surface area (TPSA) is 56.6 Å². The van der Waals surface area contributed by atoms with E-state index in [-0.39, 0.29) is 6.03 Å². The fourth-order valence-electron chi connectivity index (χ4n) is 1.98. The van der Waals surface area contributed by atoms with E-state index in [4.69, 9.17) is 10.00 Å². The Morgan fingerprint density at radius 2 is 2.05 bits per heavy atom. The van der Waals surface area contributed by atoms with Gasteiger partial charge < -0.3 is 14.5 Å². The molecule has 1 aromatic rings. The molecule has 5 heteroatoms. The molecule has 1 aliphatic rings. The molecule has 0 atom stereocenters. The van der Waals surface area contributed by atoms with Crippen molar-refractivity contribution < 1.29 is 9.53 Å². The Morgan fingerprint density at radius 3 is 2.63 bits per heavy atom. The van der Waals surface area contributed by atoms with Gasteiger partial charge in [0.05, 0.1) is 19.0 Å². The lowest BCUT2D eigenvalue weighted by Gasteiger charge is -2.16. The number of ether oxygens (including phenoxy) is 1. The second kappa shape index (κ2) is 6.10. The molecule has 1 heterocycles. The van der Waals surface area contributed by atoms with Crippen molar-refractivity contribution in [3.05, 3.63) is 29.8 Å². The smallest absolute Gasteiger partial charge is 0.319 e. The first-order chi connectivity index (χ1) is 9.20. The van der Waals surface area contributed by atoms with Crippen molar-refractivity contribution in [1.29, 1.82) is 5.26 Å². The summed E-state index contributed by atoms with van der Waals surface area (Å²) >= 11 is 0. The molecule has 2 rings (SSSR count). The lowest BCUT2D eigenvalue weighted by molar-refractivity contribution is 0.188. The van der Waals surface area contributed by atoms with E-state index in [1.165, 1.54) is 0 Å². The van der Waals surface area contributed by atoms with Crippen LogP contribution in [0.5, 0.6) is 5.75 Å². The van der Waals surface area contributed by atoms with Gasteiger partial charge >= 0.3 is 6.03 Å². The quantitative estimate of drug-likeness (QED) is 0.805. The minimum atomic E-state index is 0.0629. The summed E-state index contributed by atoms with van der Waals surface area (Å²) in [6.45, 7) is 2.63. The number of likely N-dealkylation sites (N-methyl/N-ethyl adjacent to an activating group) is 1. The maximum Gasteiger partial charge on any atom is 0.319 e. The number of carbonyl (C=O) groups is 1. The molecule has 0 aliphatic carbocycles. The number of benzene rings is 1. The van der Waals surface area contributed by atoms with Crippen LogP contribution in [-0.2, 0) is 6.42 Å². The fourth-order valence-corrected chi connectivity index (χ4v) is 1.98. The first kappa shape index (κ1) is 13.2. The molecule has 0 aromatic heterocycles. The molecule has 2 amide bonds. The van der Waals surface area contributed by atoms with Crippen molar-refractivity contribution in [3.8, 4) is 11.8 Å². The van der Waals surface area contributed by atoms with Crippen molar-refractivity contribution >= 4 is 6.03 Å². The summed E-state index contributed by atoms with van der Waals surface area (Å²) in [7, 11) is 1.80. The Kier molecular flexibility index (Phi) is 4.24. The molecule has 0 radical (unpaired) electrons. The number of hydrogen-bond acceptors (Lipinski definition) is 3. The minimum absolute atomic E-state index is 0.0629. The number of nitrogens with zero attached hydrogens (tertiary/aromatic N) is 3. The summed E-state index contributed by atoms with van der Waals surface area (Å²) in [4.78, 5) is 15.1. The summed E-state index contributed by atoms with van der Waals surface area (Å²) < 4.78 is 5.59. The van der Waals surface area contributed by atoms with E-state index in [0.29, 0.717) is 19.6 Å². The van der Waals surface area contributed by atoms with Crippen molar-refractivity contribution in [1.82, 2.24) is 9.80 Å². The van der Waals surface area contributed by atoms with Crippen LogP contribution in [0.4, 0.5) is 4.79 Å². The molecule has 0 bridgehead atoms. The van der Waals surface area contributed by atoms with Gasteiger partial charge in [0, 0.05) is 20.1 Å². The van der Waals surface area contributed by atoms with E-state index in [9.17, 15) is 4.79 Å². The average molecular weight is 259 g/mol. The molecule has 1 aliphatic heterocycles. The summed E-state index contributed by atoms with van der Waals surface area (Å²) in [5.41, 5.74) is 0.978. The largest absolute Gasteiger partial charge is 0.492 e. The number of amides is 2. The highest BCUT2D eigenvalue weighted by atomic mass is 16.5. The highest BCUT2D eigenvalue weighted by Gasteiger charge is 2.24. The van der Waals surface area contributed by atoms with E-state index in [1.807, 2.05) is 24.3 Å². The van der Waals surface area contributed by atoms with E-state index >= 15 is 0 Å². The zero-order valence-electron chi connectivity index (χ0n) is 11.0. The molecule has 1 saturated heterocycles. The lowest BCUT2D eigenvalue weighted by Crippen LogP contribution is -2.32. The number of hydrogen-bond donors (Lipinski definition) is 0. The monoisotopic (exact) mass is 259 g/mol. The third kappa shape index (κ3) is 3.38. The summed E-state index contributed by atoms with van der Waals surface area (Å²) in [6.07, 6.45) is 0.412. The van der Waals surface area contributed by atoms with Gasteiger partial charge in [0.2, 0.25) is 0 Å². The number of nitriles is 1. The number of carbonyl (C=O) groups excluding carboxylic acids is 1. The second-order valence-corrected chi connectivity index (χ2v) is 4.52. The summed E-state index contributed by atoms with van der Waals surface area (Å²) in [5.74, 6) is 0.765. The highest BCUT2D eigenvalue weighted by molar-refractivity contribution is 5.76. The molecule has 0 unspecified atom stereocenters. The molecule has 0 N–H and O–H groups in total. The van der Waals surface area contributed by atoms with Crippen LogP contribution in [-0.4, -0.2) is 49.1 Å². The van der Waals surface area contributed by atoms with Gasteiger partial charge in [-0.3, -0.25) is 0 Å². The van der Waals surface area contributed by atoms with Crippen LogP contribution in [0.3, 0.4) is 0 Å². The van der Waals surface area contributed by atoms with Gasteiger partial charge in [-0.05, 0) is 17.7 Å². The molecular weight excluding hydrogens is 242 g/mol. The van der Waals surface area contributed by atoms with Crippen molar-refractivity contribution in [2.45, 2.75) is 6.42 Å². The lowest BCUT2D eigenvalue weighted by atomic mass is 10.2. The van der Waals surface area contributed by atoms with Gasteiger partial charge in [-0.2, -0.15) is 5.26 Å². The van der Waals surface area contributed by atoms with Crippen LogP contribution in [0.25, 0.3) is 0 Å². The fraction of sp³-hybridized carbons (Fsp3) is 0.429. The van der Waals surface area contributed by atoms with E-state index < -0.39 is 0 Å². The minimum Gasteiger partial charge on any atom is -0.492 e.